The minimum absolute atomic E-state index is 0.146. The molecule has 1 fully saturated rings. The first-order chi connectivity index (χ1) is 17.3. The number of ether oxygens (including phenoxy) is 1. The van der Waals surface area contributed by atoms with Crippen molar-refractivity contribution < 1.29 is 39.6 Å². The summed E-state index contributed by atoms with van der Waals surface area (Å²) in [5, 5.41) is 42.3. The maximum absolute atomic E-state index is 13.3. The van der Waals surface area contributed by atoms with Gasteiger partial charge in [0.25, 0.3) is 5.91 Å². The molecule has 198 valence electrons. The van der Waals surface area contributed by atoms with Gasteiger partial charge in [-0.05, 0) is 55.5 Å². The van der Waals surface area contributed by atoms with Crippen LogP contribution in [0.3, 0.4) is 0 Å². The van der Waals surface area contributed by atoms with Gasteiger partial charge in [-0.15, -0.1) is 0 Å². The second-order valence-electron chi connectivity index (χ2n) is 9.35. The first-order valence-electron chi connectivity index (χ1n) is 12.6. The Balaban J connectivity index is 1.59. The molecule has 1 aliphatic rings. The fraction of sp³-hybridized carbons (Fsp3) is 0.556. The molecule has 0 unspecified atom stereocenters. The first-order valence-corrected chi connectivity index (χ1v) is 12.6. The highest BCUT2D eigenvalue weighted by Crippen LogP contribution is 2.24. The third-order valence-electron chi connectivity index (χ3n) is 6.56. The normalized spacial score (nSPS) is 24.1. The van der Waals surface area contributed by atoms with Crippen LogP contribution in [-0.4, -0.2) is 81.0 Å². The molecule has 3 rings (SSSR count). The third kappa shape index (κ3) is 7.72. The zero-order valence-corrected chi connectivity index (χ0v) is 20.7. The standard InChI is InChI=1S/C27H37NO8/c1-18-24(31)26(33)25(32)22(36-18)11-8-15-28(35-16-7-3-2-4-12-23(29)30)27(34)21-14-13-19-9-5-6-10-20(19)17-21/h5-6,9-10,13-14,17-18,22,24-26,31-33H,2-4,7-8,11-12,15-16H2,1H3,(H,29,30)/t18-,22-,24+,25+,26+/m0/s1. The highest BCUT2D eigenvalue weighted by molar-refractivity contribution is 5.98. The number of nitrogens with zero attached hydrogens (tertiary/aromatic N) is 1. The Labute approximate surface area is 211 Å². The summed E-state index contributed by atoms with van der Waals surface area (Å²) in [6, 6.07) is 13.3. The van der Waals surface area contributed by atoms with Crippen LogP contribution in [0.2, 0.25) is 0 Å². The number of unbranched alkanes of at least 4 members (excludes halogenated alkanes) is 3. The van der Waals surface area contributed by atoms with Crippen molar-refractivity contribution in [2.75, 3.05) is 13.2 Å². The Hall–Kier alpha value is -2.56. The van der Waals surface area contributed by atoms with Crippen LogP contribution in [0.25, 0.3) is 10.8 Å². The molecule has 1 amide bonds. The van der Waals surface area contributed by atoms with Gasteiger partial charge in [-0.25, -0.2) is 5.06 Å². The Kier molecular flexibility index (Phi) is 10.6. The van der Waals surface area contributed by atoms with Crippen LogP contribution in [-0.2, 0) is 14.4 Å². The maximum atomic E-state index is 13.3. The fourth-order valence-electron chi connectivity index (χ4n) is 4.41. The van der Waals surface area contributed by atoms with Crippen molar-refractivity contribution in [2.24, 2.45) is 0 Å². The van der Waals surface area contributed by atoms with Gasteiger partial charge in [-0.2, -0.15) is 0 Å². The fourth-order valence-corrected chi connectivity index (χ4v) is 4.41. The van der Waals surface area contributed by atoms with Crippen molar-refractivity contribution in [3.63, 3.8) is 0 Å². The summed E-state index contributed by atoms with van der Waals surface area (Å²) < 4.78 is 5.66. The Morgan fingerprint density at radius 2 is 1.64 bits per heavy atom. The lowest BCUT2D eigenvalue weighted by Crippen LogP contribution is -2.56. The molecule has 1 aliphatic heterocycles. The van der Waals surface area contributed by atoms with Gasteiger partial charge in [0.15, 0.2) is 0 Å². The number of rotatable bonds is 13. The Morgan fingerprint density at radius 1 is 0.917 bits per heavy atom. The lowest BCUT2D eigenvalue weighted by atomic mass is 9.93. The van der Waals surface area contributed by atoms with Gasteiger partial charge in [0, 0.05) is 18.5 Å². The van der Waals surface area contributed by atoms with E-state index in [0.29, 0.717) is 37.9 Å². The van der Waals surface area contributed by atoms with Crippen molar-refractivity contribution in [3.8, 4) is 0 Å². The summed E-state index contributed by atoms with van der Waals surface area (Å²) in [5.74, 6) is -1.08. The first kappa shape index (κ1) is 28.0. The SMILES string of the molecule is C[C@@H]1O[C@@H](CCCN(OCCCCCCC(=O)O)C(=O)c2ccc3ccccc3c2)[C@@H](O)[C@H](O)[C@@H]1O. The number of carboxylic acids is 1. The average molecular weight is 504 g/mol. The van der Waals surface area contributed by atoms with Gasteiger partial charge in [0.2, 0.25) is 0 Å². The van der Waals surface area contributed by atoms with E-state index in [-0.39, 0.29) is 18.9 Å². The van der Waals surface area contributed by atoms with E-state index in [1.165, 1.54) is 5.06 Å². The van der Waals surface area contributed by atoms with Gasteiger partial charge in [-0.3, -0.25) is 14.4 Å². The molecule has 0 saturated carbocycles. The van der Waals surface area contributed by atoms with Crippen LogP contribution >= 0.6 is 0 Å². The monoisotopic (exact) mass is 503 g/mol. The minimum atomic E-state index is -1.29. The molecule has 1 saturated heterocycles. The maximum Gasteiger partial charge on any atom is 0.303 e. The molecule has 5 atom stereocenters. The quantitative estimate of drug-likeness (QED) is 0.242. The molecule has 0 radical (unpaired) electrons. The van der Waals surface area contributed by atoms with Crippen molar-refractivity contribution in [1.82, 2.24) is 5.06 Å². The summed E-state index contributed by atoms with van der Waals surface area (Å²) in [6.45, 7) is 2.21. The van der Waals surface area contributed by atoms with E-state index in [0.717, 1.165) is 23.6 Å². The van der Waals surface area contributed by atoms with Crippen molar-refractivity contribution >= 4 is 22.6 Å². The summed E-state index contributed by atoms with van der Waals surface area (Å²) in [5.41, 5.74) is 0.497. The molecule has 9 nitrogen and oxygen atoms in total. The third-order valence-corrected chi connectivity index (χ3v) is 6.56. The zero-order chi connectivity index (χ0) is 26.1. The van der Waals surface area contributed by atoms with Gasteiger partial charge < -0.3 is 25.2 Å². The molecule has 0 aromatic heterocycles. The molecular weight excluding hydrogens is 466 g/mol. The number of hydrogen-bond donors (Lipinski definition) is 4. The lowest BCUT2D eigenvalue weighted by Gasteiger charge is -2.39. The number of hydrogen-bond acceptors (Lipinski definition) is 7. The number of benzene rings is 2. The van der Waals surface area contributed by atoms with E-state index in [1.807, 2.05) is 36.4 Å². The molecule has 2 aromatic rings. The van der Waals surface area contributed by atoms with Crippen LogP contribution in [0.5, 0.6) is 0 Å². The predicted octanol–water partition coefficient (Wildman–Crippen LogP) is 2.90. The molecule has 1 heterocycles. The number of hydroxylamine groups is 2. The molecule has 0 aliphatic carbocycles. The van der Waals surface area contributed by atoms with Gasteiger partial charge in [-0.1, -0.05) is 43.2 Å². The predicted molar refractivity (Wildman–Crippen MR) is 133 cm³/mol. The molecular formula is C27H37NO8. The smallest absolute Gasteiger partial charge is 0.303 e. The second-order valence-corrected chi connectivity index (χ2v) is 9.35. The zero-order valence-electron chi connectivity index (χ0n) is 20.7. The van der Waals surface area contributed by atoms with Crippen LogP contribution in [0.4, 0.5) is 0 Å². The highest BCUT2D eigenvalue weighted by Gasteiger charge is 2.41. The van der Waals surface area contributed by atoms with E-state index in [9.17, 15) is 24.9 Å². The average Bonchev–Trinajstić information content (AvgIpc) is 2.87. The summed E-state index contributed by atoms with van der Waals surface area (Å²) >= 11 is 0. The summed E-state index contributed by atoms with van der Waals surface area (Å²) in [6.07, 6.45) is -1.09. The van der Waals surface area contributed by atoms with Crippen LogP contribution in [0.15, 0.2) is 42.5 Å². The van der Waals surface area contributed by atoms with E-state index in [4.69, 9.17) is 14.7 Å². The molecule has 9 heteroatoms. The number of fused-ring (bicyclic) bond motifs is 1. The molecule has 0 bridgehead atoms. The number of carbonyl (C=O) groups excluding carboxylic acids is 1. The van der Waals surface area contributed by atoms with Crippen LogP contribution in [0.1, 0.15) is 62.2 Å². The van der Waals surface area contributed by atoms with Gasteiger partial charge >= 0.3 is 5.97 Å². The topological polar surface area (TPSA) is 137 Å². The van der Waals surface area contributed by atoms with E-state index >= 15 is 0 Å². The second kappa shape index (κ2) is 13.7. The number of amides is 1. The number of aliphatic carboxylic acids is 1. The molecule has 0 spiro atoms. The highest BCUT2D eigenvalue weighted by atomic mass is 16.7. The lowest BCUT2D eigenvalue weighted by molar-refractivity contribution is -0.219. The van der Waals surface area contributed by atoms with Crippen LogP contribution in [0, 0.1) is 0 Å². The van der Waals surface area contributed by atoms with Crippen molar-refractivity contribution in [2.45, 2.75) is 82.4 Å². The van der Waals surface area contributed by atoms with E-state index in [2.05, 4.69) is 0 Å². The molecule has 2 aromatic carbocycles. The van der Waals surface area contributed by atoms with E-state index < -0.39 is 36.5 Å². The number of aliphatic hydroxyl groups excluding tert-OH is 3. The van der Waals surface area contributed by atoms with Crippen molar-refractivity contribution in [3.05, 3.63) is 48.0 Å². The molecule has 36 heavy (non-hydrogen) atoms. The van der Waals surface area contributed by atoms with Crippen molar-refractivity contribution in [1.29, 1.82) is 0 Å². The van der Waals surface area contributed by atoms with Crippen LogP contribution < -0.4 is 0 Å². The largest absolute Gasteiger partial charge is 0.481 e. The van der Waals surface area contributed by atoms with Gasteiger partial charge in [0.05, 0.1) is 18.8 Å². The minimum Gasteiger partial charge on any atom is -0.481 e. The Morgan fingerprint density at radius 3 is 2.39 bits per heavy atom. The number of carboxylic acid groups (broad SMARTS) is 1. The summed E-state index contributed by atoms with van der Waals surface area (Å²) in [7, 11) is 0. The van der Waals surface area contributed by atoms with Gasteiger partial charge in [0.1, 0.15) is 18.3 Å². The molecule has 4 N–H and O–H groups in total. The summed E-state index contributed by atoms with van der Waals surface area (Å²) in [4.78, 5) is 29.8. The number of carbonyl (C=O) groups is 2. The Bertz CT molecular complexity index is 999. The number of aliphatic hydroxyl groups is 3. The van der Waals surface area contributed by atoms with E-state index in [1.54, 1.807) is 13.0 Å².